The number of furan rings is 1. The highest BCUT2D eigenvalue weighted by Gasteiger charge is 2.18. The summed E-state index contributed by atoms with van der Waals surface area (Å²) in [5.41, 5.74) is 5.18. The van der Waals surface area contributed by atoms with Crippen molar-refractivity contribution in [2.45, 2.75) is 32.2 Å². The van der Waals surface area contributed by atoms with Crippen LogP contribution >= 0.6 is 0 Å². The molecule has 5 heteroatoms. The molecule has 1 aliphatic carbocycles. The van der Waals surface area contributed by atoms with Crippen molar-refractivity contribution < 1.29 is 18.3 Å². The van der Waals surface area contributed by atoms with Crippen molar-refractivity contribution in [2.24, 2.45) is 0 Å². The van der Waals surface area contributed by atoms with E-state index >= 15 is 0 Å². The number of fused-ring (bicyclic) bond motifs is 2. The number of benzene rings is 2. The summed E-state index contributed by atoms with van der Waals surface area (Å²) in [5.74, 6) is -0.259. The number of carbonyl (C=O) groups excluding carboxylic acids is 1. The van der Waals surface area contributed by atoms with Crippen LogP contribution < -0.4 is 4.74 Å². The zero-order chi connectivity index (χ0) is 19.0. The molecule has 1 heterocycles. The first-order valence-corrected chi connectivity index (χ1v) is 9.13. The lowest BCUT2D eigenvalue weighted by atomic mass is 10.0. The second kappa shape index (κ2) is 7.06. The van der Waals surface area contributed by atoms with Crippen LogP contribution in [0.15, 0.2) is 41.0 Å². The Kier molecular flexibility index (Phi) is 4.60. The number of likely N-dealkylation sites (N-methyl/N-ethyl adjacent to an activating group) is 1. The lowest BCUT2D eigenvalue weighted by molar-refractivity contribution is -0.129. The van der Waals surface area contributed by atoms with Gasteiger partial charge in [0.2, 0.25) is 5.91 Å². The average molecular weight is 367 g/mol. The number of amides is 1. The van der Waals surface area contributed by atoms with E-state index in [1.807, 2.05) is 0 Å². The van der Waals surface area contributed by atoms with E-state index in [1.54, 1.807) is 30.3 Å². The van der Waals surface area contributed by atoms with Crippen LogP contribution in [0.2, 0.25) is 0 Å². The first kappa shape index (κ1) is 17.6. The van der Waals surface area contributed by atoms with Crippen molar-refractivity contribution >= 4 is 16.9 Å². The number of rotatable bonds is 5. The summed E-state index contributed by atoms with van der Waals surface area (Å²) in [4.78, 5) is 14.3. The third-order valence-corrected chi connectivity index (χ3v) is 5.27. The lowest BCUT2D eigenvalue weighted by Crippen LogP contribution is -2.27. The van der Waals surface area contributed by atoms with Crippen LogP contribution in [-0.4, -0.2) is 25.0 Å². The van der Waals surface area contributed by atoms with Crippen LogP contribution in [0.1, 0.15) is 28.7 Å². The summed E-state index contributed by atoms with van der Waals surface area (Å²) in [5, 5.41) is 1.02. The fourth-order valence-corrected chi connectivity index (χ4v) is 3.75. The highest BCUT2D eigenvalue weighted by atomic mass is 19.1. The van der Waals surface area contributed by atoms with E-state index in [2.05, 4.69) is 12.1 Å². The van der Waals surface area contributed by atoms with Gasteiger partial charge in [-0.1, -0.05) is 6.07 Å². The van der Waals surface area contributed by atoms with Gasteiger partial charge in [-0.3, -0.25) is 4.79 Å². The van der Waals surface area contributed by atoms with E-state index in [-0.39, 0.29) is 18.1 Å². The SMILES string of the molecule is COc1ccc(CN(C)C(=O)Cc2coc3cc4c(cc23)CCC4)cc1F. The van der Waals surface area contributed by atoms with Gasteiger partial charge < -0.3 is 14.1 Å². The van der Waals surface area contributed by atoms with Gasteiger partial charge in [0.15, 0.2) is 11.6 Å². The molecule has 0 saturated carbocycles. The molecule has 0 fully saturated rings. The van der Waals surface area contributed by atoms with Gasteiger partial charge in [0.25, 0.3) is 0 Å². The lowest BCUT2D eigenvalue weighted by Gasteiger charge is -2.17. The molecule has 0 spiro atoms. The zero-order valence-electron chi connectivity index (χ0n) is 15.5. The summed E-state index contributed by atoms with van der Waals surface area (Å²) in [7, 11) is 3.16. The van der Waals surface area contributed by atoms with Crippen molar-refractivity contribution in [3.05, 3.63) is 64.7 Å². The van der Waals surface area contributed by atoms with Crippen molar-refractivity contribution in [3.8, 4) is 5.75 Å². The molecule has 4 rings (SSSR count). The maximum Gasteiger partial charge on any atom is 0.227 e. The normalized spacial score (nSPS) is 13.0. The number of halogens is 1. The van der Waals surface area contributed by atoms with Crippen molar-refractivity contribution in [3.63, 3.8) is 0 Å². The molecule has 1 aromatic heterocycles. The van der Waals surface area contributed by atoms with E-state index in [1.165, 1.54) is 30.7 Å². The molecule has 0 saturated heterocycles. The quantitative estimate of drug-likeness (QED) is 0.676. The second-order valence-corrected chi connectivity index (χ2v) is 7.13. The number of ether oxygens (including phenoxy) is 1. The first-order chi connectivity index (χ1) is 13.0. The third-order valence-electron chi connectivity index (χ3n) is 5.27. The molecule has 0 bridgehead atoms. The van der Waals surface area contributed by atoms with Crippen LogP contribution in [0, 0.1) is 5.82 Å². The molecule has 0 unspecified atom stereocenters. The van der Waals surface area contributed by atoms with Gasteiger partial charge in [0, 0.05) is 24.5 Å². The molecule has 4 nitrogen and oxygen atoms in total. The fourth-order valence-electron chi connectivity index (χ4n) is 3.75. The summed E-state index contributed by atoms with van der Waals surface area (Å²) in [6.07, 6.45) is 5.31. The van der Waals surface area contributed by atoms with Crippen LogP contribution in [0.4, 0.5) is 4.39 Å². The van der Waals surface area contributed by atoms with Gasteiger partial charge in [-0.2, -0.15) is 0 Å². The molecule has 3 aromatic rings. The molecule has 0 N–H and O–H groups in total. The Hall–Kier alpha value is -2.82. The summed E-state index contributed by atoms with van der Waals surface area (Å²) in [6.45, 7) is 0.338. The molecule has 1 amide bonds. The highest BCUT2D eigenvalue weighted by molar-refractivity contribution is 5.88. The molecular formula is C22H22FNO3. The summed E-state index contributed by atoms with van der Waals surface area (Å²) in [6, 6.07) is 9.02. The average Bonchev–Trinajstić information content (AvgIpc) is 3.26. The first-order valence-electron chi connectivity index (χ1n) is 9.13. The molecule has 2 aromatic carbocycles. The van der Waals surface area contributed by atoms with Crippen LogP contribution in [0.25, 0.3) is 11.0 Å². The van der Waals surface area contributed by atoms with Crippen molar-refractivity contribution in [2.75, 3.05) is 14.2 Å². The van der Waals surface area contributed by atoms with E-state index in [0.717, 1.165) is 34.9 Å². The minimum atomic E-state index is -0.425. The fraction of sp³-hybridized carbons (Fsp3) is 0.318. The Labute approximate surface area is 157 Å². The smallest absolute Gasteiger partial charge is 0.227 e. The molecule has 27 heavy (non-hydrogen) atoms. The van der Waals surface area contributed by atoms with Crippen LogP contribution in [-0.2, 0) is 30.6 Å². The number of methoxy groups -OCH3 is 1. The van der Waals surface area contributed by atoms with Crippen LogP contribution in [0.5, 0.6) is 5.75 Å². The summed E-state index contributed by atoms with van der Waals surface area (Å²) < 4.78 is 24.5. The zero-order valence-corrected chi connectivity index (χ0v) is 15.5. The molecule has 1 aliphatic rings. The van der Waals surface area contributed by atoms with Gasteiger partial charge in [-0.25, -0.2) is 4.39 Å². The van der Waals surface area contributed by atoms with E-state index in [9.17, 15) is 9.18 Å². The largest absolute Gasteiger partial charge is 0.494 e. The Morgan fingerprint density at radius 3 is 2.74 bits per heavy atom. The molecule has 0 radical (unpaired) electrons. The maximum atomic E-state index is 13.8. The predicted octanol–water partition coefficient (Wildman–Crippen LogP) is 4.27. The van der Waals surface area contributed by atoms with E-state index in [4.69, 9.17) is 9.15 Å². The maximum absolute atomic E-state index is 13.8. The number of aryl methyl sites for hydroxylation is 2. The predicted molar refractivity (Wildman–Crippen MR) is 101 cm³/mol. The van der Waals surface area contributed by atoms with Gasteiger partial charge in [0.1, 0.15) is 5.58 Å². The third kappa shape index (κ3) is 3.42. The molecular weight excluding hydrogens is 345 g/mol. The van der Waals surface area contributed by atoms with Gasteiger partial charge >= 0.3 is 0 Å². The van der Waals surface area contributed by atoms with Crippen molar-refractivity contribution in [1.82, 2.24) is 4.90 Å². The summed E-state index contributed by atoms with van der Waals surface area (Å²) >= 11 is 0. The van der Waals surface area contributed by atoms with Gasteiger partial charge in [-0.05, 0) is 60.2 Å². The monoisotopic (exact) mass is 367 g/mol. The number of carbonyl (C=O) groups is 1. The Morgan fingerprint density at radius 2 is 2.00 bits per heavy atom. The highest BCUT2D eigenvalue weighted by Crippen LogP contribution is 2.30. The van der Waals surface area contributed by atoms with E-state index in [0.29, 0.717) is 6.54 Å². The van der Waals surface area contributed by atoms with Gasteiger partial charge in [0.05, 0.1) is 19.8 Å². The Morgan fingerprint density at radius 1 is 1.22 bits per heavy atom. The Bertz CT molecular complexity index is 1010. The number of nitrogens with zero attached hydrogens (tertiary/aromatic N) is 1. The molecule has 0 aliphatic heterocycles. The van der Waals surface area contributed by atoms with Crippen LogP contribution in [0.3, 0.4) is 0 Å². The van der Waals surface area contributed by atoms with Crippen molar-refractivity contribution in [1.29, 1.82) is 0 Å². The van der Waals surface area contributed by atoms with Gasteiger partial charge in [-0.15, -0.1) is 0 Å². The Balaban J connectivity index is 1.48. The topological polar surface area (TPSA) is 42.7 Å². The van der Waals surface area contributed by atoms with E-state index < -0.39 is 5.82 Å². The number of hydrogen-bond donors (Lipinski definition) is 0. The second-order valence-electron chi connectivity index (χ2n) is 7.13. The number of hydrogen-bond acceptors (Lipinski definition) is 3. The minimum Gasteiger partial charge on any atom is -0.494 e. The molecule has 140 valence electrons. The minimum absolute atomic E-state index is 0.0329. The molecule has 0 atom stereocenters. The standard InChI is InChI=1S/C22H22FNO3/c1-24(12-14-6-7-20(26-2)19(23)8-14)22(25)11-17-13-27-21-10-16-5-3-4-15(16)9-18(17)21/h6-10,13H,3-5,11-12H2,1-2H3.